The molecule has 0 aromatic heterocycles. The molecule has 3 heteroatoms. The zero-order valence-corrected chi connectivity index (χ0v) is 9.73. The minimum atomic E-state index is 0.222. The van der Waals surface area contributed by atoms with Crippen LogP contribution in [-0.2, 0) is 0 Å². The first-order valence-corrected chi connectivity index (χ1v) is 5.55. The van der Waals surface area contributed by atoms with E-state index >= 15 is 0 Å². The van der Waals surface area contributed by atoms with Crippen molar-refractivity contribution in [1.29, 1.82) is 5.26 Å². The Bertz CT molecular complexity index is 422. The Hall–Kier alpha value is -1.53. The lowest BCUT2D eigenvalue weighted by Crippen LogP contribution is -2.21. The van der Waals surface area contributed by atoms with Crippen molar-refractivity contribution in [3.8, 4) is 11.8 Å². The first-order chi connectivity index (χ1) is 7.69. The minimum Gasteiger partial charge on any atom is -0.488 e. The summed E-state index contributed by atoms with van der Waals surface area (Å²) in [5.74, 6) is 0.716. The Kier molecular flexibility index (Phi) is 3.12. The predicted octanol–water partition coefficient (Wildman–Crippen LogP) is 1.95. The molecule has 1 unspecified atom stereocenters. The summed E-state index contributed by atoms with van der Waals surface area (Å²) in [5.41, 5.74) is 1.72. The van der Waals surface area contributed by atoms with E-state index in [0.717, 1.165) is 25.1 Å². The van der Waals surface area contributed by atoms with Gasteiger partial charge in [0.15, 0.2) is 0 Å². The van der Waals surface area contributed by atoms with Gasteiger partial charge in [0, 0.05) is 13.1 Å². The van der Waals surface area contributed by atoms with Crippen molar-refractivity contribution in [1.82, 2.24) is 4.90 Å². The molecule has 0 N–H and O–H groups in total. The quantitative estimate of drug-likeness (QED) is 0.758. The molecule has 1 heterocycles. The fourth-order valence-electron chi connectivity index (χ4n) is 2.00. The van der Waals surface area contributed by atoms with Crippen LogP contribution in [0.15, 0.2) is 18.2 Å². The maximum atomic E-state index is 9.03. The van der Waals surface area contributed by atoms with Gasteiger partial charge in [-0.15, -0.1) is 0 Å². The Morgan fingerprint density at radius 2 is 2.31 bits per heavy atom. The number of likely N-dealkylation sites (tertiary alicyclic amines) is 1. The molecule has 1 aromatic rings. The summed E-state index contributed by atoms with van der Waals surface area (Å²) in [6.07, 6.45) is 1.26. The van der Waals surface area contributed by atoms with Crippen molar-refractivity contribution in [2.75, 3.05) is 20.1 Å². The lowest BCUT2D eigenvalue weighted by Gasteiger charge is -2.14. The maximum Gasteiger partial charge on any atom is 0.137 e. The van der Waals surface area contributed by atoms with E-state index in [4.69, 9.17) is 10.00 Å². The number of ether oxygens (including phenoxy) is 1. The van der Waals surface area contributed by atoms with Crippen LogP contribution >= 0.6 is 0 Å². The van der Waals surface area contributed by atoms with E-state index in [0.29, 0.717) is 11.3 Å². The van der Waals surface area contributed by atoms with E-state index in [1.54, 1.807) is 0 Å². The van der Waals surface area contributed by atoms with Gasteiger partial charge in [-0.1, -0.05) is 6.07 Å². The van der Waals surface area contributed by atoms with Gasteiger partial charge in [0.2, 0.25) is 0 Å². The van der Waals surface area contributed by atoms with E-state index in [1.807, 2.05) is 25.1 Å². The molecular weight excluding hydrogens is 200 g/mol. The summed E-state index contributed by atoms with van der Waals surface area (Å²) >= 11 is 0. The first kappa shape index (κ1) is 11.0. The van der Waals surface area contributed by atoms with Gasteiger partial charge in [0.1, 0.15) is 17.9 Å². The highest BCUT2D eigenvalue weighted by Crippen LogP contribution is 2.22. The highest BCUT2D eigenvalue weighted by atomic mass is 16.5. The molecule has 0 spiro atoms. The number of aryl methyl sites for hydroxylation is 1. The maximum absolute atomic E-state index is 9.03. The smallest absolute Gasteiger partial charge is 0.137 e. The number of benzene rings is 1. The van der Waals surface area contributed by atoms with E-state index in [-0.39, 0.29) is 6.10 Å². The van der Waals surface area contributed by atoms with E-state index < -0.39 is 0 Å². The third-order valence-corrected chi connectivity index (χ3v) is 2.90. The molecule has 16 heavy (non-hydrogen) atoms. The summed E-state index contributed by atoms with van der Waals surface area (Å²) in [5, 5.41) is 9.03. The van der Waals surface area contributed by atoms with Gasteiger partial charge in [-0.3, -0.25) is 0 Å². The van der Waals surface area contributed by atoms with Gasteiger partial charge in [-0.25, -0.2) is 0 Å². The van der Waals surface area contributed by atoms with Gasteiger partial charge in [-0.05, 0) is 38.1 Å². The summed E-state index contributed by atoms with van der Waals surface area (Å²) in [7, 11) is 2.09. The van der Waals surface area contributed by atoms with Crippen LogP contribution in [0.2, 0.25) is 0 Å². The number of hydrogen-bond donors (Lipinski definition) is 0. The summed E-state index contributed by atoms with van der Waals surface area (Å²) < 4.78 is 5.86. The van der Waals surface area contributed by atoms with Crippen LogP contribution < -0.4 is 4.74 Å². The number of likely N-dealkylation sites (N-methyl/N-ethyl adjacent to an activating group) is 1. The van der Waals surface area contributed by atoms with E-state index in [1.165, 1.54) is 0 Å². The molecule has 3 nitrogen and oxygen atoms in total. The van der Waals surface area contributed by atoms with Crippen molar-refractivity contribution < 1.29 is 4.74 Å². The summed E-state index contributed by atoms with van der Waals surface area (Å²) in [6.45, 7) is 3.99. The topological polar surface area (TPSA) is 36.3 Å². The molecule has 1 aromatic carbocycles. The first-order valence-electron chi connectivity index (χ1n) is 5.55. The second-order valence-corrected chi connectivity index (χ2v) is 4.40. The molecule has 1 atom stereocenters. The van der Waals surface area contributed by atoms with Crippen LogP contribution in [-0.4, -0.2) is 31.1 Å². The van der Waals surface area contributed by atoms with E-state index in [9.17, 15) is 0 Å². The SMILES string of the molecule is Cc1ccc(OC2CCN(C)C2)c(C#N)c1. The average Bonchev–Trinajstić information content (AvgIpc) is 2.67. The molecule has 0 aliphatic carbocycles. The average molecular weight is 216 g/mol. The van der Waals surface area contributed by atoms with Crippen LogP contribution in [0.1, 0.15) is 17.5 Å². The van der Waals surface area contributed by atoms with Gasteiger partial charge in [0.05, 0.1) is 5.56 Å². The number of nitriles is 1. The molecule has 2 rings (SSSR count). The Morgan fingerprint density at radius 3 is 2.94 bits per heavy atom. The van der Waals surface area contributed by atoms with Gasteiger partial charge < -0.3 is 9.64 Å². The molecular formula is C13H16N2O. The zero-order chi connectivity index (χ0) is 11.5. The summed E-state index contributed by atoms with van der Waals surface area (Å²) in [6, 6.07) is 7.93. The molecule has 84 valence electrons. The van der Waals surface area contributed by atoms with Gasteiger partial charge in [-0.2, -0.15) is 5.26 Å². The Labute approximate surface area is 96.2 Å². The van der Waals surface area contributed by atoms with Crippen molar-refractivity contribution in [2.45, 2.75) is 19.4 Å². The largest absolute Gasteiger partial charge is 0.488 e. The molecule has 0 saturated carbocycles. The van der Waals surface area contributed by atoms with Gasteiger partial charge >= 0.3 is 0 Å². The number of nitrogens with zero attached hydrogens (tertiary/aromatic N) is 2. The second kappa shape index (κ2) is 4.54. The standard InChI is InChI=1S/C13H16N2O/c1-10-3-4-13(11(7-10)8-14)16-12-5-6-15(2)9-12/h3-4,7,12H,5-6,9H2,1-2H3. The third-order valence-electron chi connectivity index (χ3n) is 2.90. The minimum absolute atomic E-state index is 0.222. The highest BCUT2D eigenvalue weighted by Gasteiger charge is 2.21. The fourth-order valence-corrected chi connectivity index (χ4v) is 2.00. The molecule has 1 aliphatic heterocycles. The summed E-state index contributed by atoms with van der Waals surface area (Å²) in [4.78, 5) is 2.24. The highest BCUT2D eigenvalue weighted by molar-refractivity contribution is 5.45. The molecule has 1 aliphatic rings. The second-order valence-electron chi connectivity index (χ2n) is 4.40. The van der Waals surface area contributed by atoms with Crippen LogP contribution in [0.4, 0.5) is 0 Å². The fraction of sp³-hybridized carbons (Fsp3) is 0.462. The van der Waals surface area contributed by atoms with Crippen molar-refractivity contribution in [3.05, 3.63) is 29.3 Å². The van der Waals surface area contributed by atoms with Crippen LogP contribution in [0.3, 0.4) is 0 Å². The van der Waals surface area contributed by atoms with Crippen molar-refractivity contribution >= 4 is 0 Å². The third kappa shape index (κ3) is 2.34. The number of rotatable bonds is 2. The molecule has 1 saturated heterocycles. The molecule has 1 fully saturated rings. The molecule has 0 bridgehead atoms. The number of hydrogen-bond acceptors (Lipinski definition) is 3. The monoisotopic (exact) mass is 216 g/mol. The lowest BCUT2D eigenvalue weighted by molar-refractivity contribution is 0.207. The Balaban J connectivity index is 2.12. The van der Waals surface area contributed by atoms with Gasteiger partial charge in [0.25, 0.3) is 0 Å². The molecule has 0 radical (unpaired) electrons. The lowest BCUT2D eigenvalue weighted by atomic mass is 10.1. The van der Waals surface area contributed by atoms with Crippen molar-refractivity contribution in [3.63, 3.8) is 0 Å². The Morgan fingerprint density at radius 1 is 1.50 bits per heavy atom. The normalized spacial score (nSPS) is 20.7. The zero-order valence-electron chi connectivity index (χ0n) is 9.73. The van der Waals surface area contributed by atoms with Crippen LogP contribution in [0.25, 0.3) is 0 Å². The molecule has 0 amide bonds. The van der Waals surface area contributed by atoms with Crippen LogP contribution in [0, 0.1) is 18.3 Å². The van der Waals surface area contributed by atoms with Crippen LogP contribution in [0.5, 0.6) is 5.75 Å². The van der Waals surface area contributed by atoms with E-state index in [2.05, 4.69) is 18.0 Å². The predicted molar refractivity (Wildman–Crippen MR) is 62.4 cm³/mol. The van der Waals surface area contributed by atoms with Crippen molar-refractivity contribution in [2.24, 2.45) is 0 Å².